The summed E-state index contributed by atoms with van der Waals surface area (Å²) in [6, 6.07) is 7.69. The maximum Gasteiger partial charge on any atom is 0.273 e. The fourth-order valence-electron chi connectivity index (χ4n) is 2.61. The van der Waals surface area contributed by atoms with Gasteiger partial charge in [-0.25, -0.2) is 4.98 Å². The summed E-state index contributed by atoms with van der Waals surface area (Å²) < 4.78 is 5.15. The number of halogens is 2. The predicted molar refractivity (Wildman–Crippen MR) is 102 cm³/mol. The number of methoxy groups -OCH3 is 1. The van der Waals surface area contributed by atoms with E-state index >= 15 is 0 Å². The normalized spacial score (nSPS) is 16.2. The smallest absolute Gasteiger partial charge is 0.273 e. The lowest BCUT2D eigenvalue weighted by molar-refractivity contribution is 0.0783. The average Bonchev–Trinajstić information content (AvgIpc) is 3.23. The van der Waals surface area contributed by atoms with Crippen LogP contribution in [0.15, 0.2) is 29.6 Å². The number of hydrogen-bond donors (Lipinski definition) is 1. The van der Waals surface area contributed by atoms with E-state index in [9.17, 15) is 4.79 Å². The number of rotatable bonds is 4. The third-order valence-electron chi connectivity index (χ3n) is 3.97. The Morgan fingerprint density at radius 1 is 1.38 bits per heavy atom. The van der Waals surface area contributed by atoms with Crippen LogP contribution in [0.5, 0.6) is 5.75 Å². The van der Waals surface area contributed by atoms with Crippen LogP contribution in [0, 0.1) is 5.92 Å². The minimum Gasteiger partial charge on any atom is -0.497 e. The zero-order valence-corrected chi connectivity index (χ0v) is 15.8. The fraction of sp³-hybridized carbons (Fsp3) is 0.375. The summed E-state index contributed by atoms with van der Waals surface area (Å²) in [5.41, 5.74) is 7.19. The van der Waals surface area contributed by atoms with E-state index in [1.165, 1.54) is 11.3 Å². The predicted octanol–water partition coefficient (Wildman–Crippen LogP) is 3.08. The van der Waals surface area contributed by atoms with E-state index < -0.39 is 0 Å². The molecule has 1 unspecified atom stereocenters. The molecule has 0 spiro atoms. The summed E-state index contributed by atoms with van der Waals surface area (Å²) in [5.74, 6) is 1.23. The summed E-state index contributed by atoms with van der Waals surface area (Å²) in [6.07, 6.45) is 0.984. The Morgan fingerprint density at radius 2 is 2.08 bits per heavy atom. The van der Waals surface area contributed by atoms with Gasteiger partial charge in [-0.1, -0.05) is 0 Å². The molecule has 1 atom stereocenters. The van der Waals surface area contributed by atoms with Crippen molar-refractivity contribution in [2.45, 2.75) is 6.42 Å². The number of benzene rings is 1. The lowest BCUT2D eigenvalue weighted by Crippen LogP contribution is -2.30. The number of ether oxygens (including phenoxy) is 1. The number of likely N-dealkylation sites (tertiary alicyclic amines) is 1. The highest BCUT2D eigenvalue weighted by molar-refractivity contribution is 7.13. The molecule has 0 radical (unpaired) electrons. The summed E-state index contributed by atoms with van der Waals surface area (Å²) in [6.45, 7) is 2.15. The van der Waals surface area contributed by atoms with E-state index in [1.54, 1.807) is 7.11 Å². The molecule has 1 saturated heterocycles. The number of aromatic nitrogens is 1. The molecule has 1 aliphatic rings. The van der Waals surface area contributed by atoms with Gasteiger partial charge in [0, 0.05) is 24.0 Å². The maximum atomic E-state index is 12.5. The van der Waals surface area contributed by atoms with Crippen molar-refractivity contribution in [3.05, 3.63) is 35.3 Å². The van der Waals surface area contributed by atoms with Crippen molar-refractivity contribution in [2.75, 3.05) is 26.7 Å². The van der Waals surface area contributed by atoms with Gasteiger partial charge < -0.3 is 15.4 Å². The second-order valence-electron chi connectivity index (χ2n) is 5.41. The zero-order valence-electron chi connectivity index (χ0n) is 13.3. The van der Waals surface area contributed by atoms with Crippen LogP contribution >= 0.6 is 36.2 Å². The third-order valence-corrected chi connectivity index (χ3v) is 4.86. The van der Waals surface area contributed by atoms with Crippen molar-refractivity contribution in [1.29, 1.82) is 0 Å². The molecular weight excluding hydrogens is 369 g/mol. The first-order valence-electron chi connectivity index (χ1n) is 7.30. The minimum absolute atomic E-state index is 0. The Labute approximate surface area is 158 Å². The first kappa shape index (κ1) is 20.7. The molecule has 0 bridgehead atoms. The highest BCUT2D eigenvalue weighted by Gasteiger charge is 2.27. The zero-order chi connectivity index (χ0) is 15.5. The molecule has 1 amide bonds. The van der Waals surface area contributed by atoms with Gasteiger partial charge in [-0.2, -0.15) is 0 Å². The number of nitrogens with two attached hydrogens (primary N) is 1. The molecule has 0 aliphatic carbocycles. The number of carbonyl (C=O) groups is 1. The lowest BCUT2D eigenvalue weighted by Gasteiger charge is -2.14. The van der Waals surface area contributed by atoms with Gasteiger partial charge in [-0.3, -0.25) is 4.79 Å². The average molecular weight is 390 g/mol. The van der Waals surface area contributed by atoms with Crippen LogP contribution in [-0.2, 0) is 0 Å². The second-order valence-corrected chi connectivity index (χ2v) is 6.27. The van der Waals surface area contributed by atoms with Crippen molar-refractivity contribution in [2.24, 2.45) is 11.7 Å². The van der Waals surface area contributed by atoms with Gasteiger partial charge >= 0.3 is 0 Å². The molecule has 0 saturated carbocycles. The van der Waals surface area contributed by atoms with Gasteiger partial charge in [0.2, 0.25) is 0 Å². The molecule has 132 valence electrons. The number of thiazole rings is 1. The molecule has 1 aliphatic heterocycles. The first-order valence-corrected chi connectivity index (χ1v) is 8.18. The van der Waals surface area contributed by atoms with Crippen LogP contribution in [0.2, 0.25) is 0 Å². The van der Waals surface area contributed by atoms with Crippen LogP contribution < -0.4 is 10.5 Å². The van der Waals surface area contributed by atoms with Crippen molar-refractivity contribution in [3.8, 4) is 16.3 Å². The van der Waals surface area contributed by atoms with Crippen LogP contribution in [0.25, 0.3) is 10.6 Å². The van der Waals surface area contributed by atoms with Gasteiger partial charge in [-0.05, 0) is 43.1 Å². The summed E-state index contributed by atoms with van der Waals surface area (Å²) in [5, 5.41) is 2.68. The van der Waals surface area contributed by atoms with Crippen molar-refractivity contribution in [3.63, 3.8) is 0 Å². The molecule has 2 heterocycles. The first-order chi connectivity index (χ1) is 10.7. The quantitative estimate of drug-likeness (QED) is 0.871. The molecule has 24 heavy (non-hydrogen) atoms. The molecule has 1 aromatic heterocycles. The van der Waals surface area contributed by atoms with Gasteiger partial charge in [0.1, 0.15) is 16.5 Å². The van der Waals surface area contributed by atoms with E-state index in [0.717, 1.165) is 35.8 Å². The van der Waals surface area contributed by atoms with E-state index in [2.05, 4.69) is 4.98 Å². The van der Waals surface area contributed by atoms with Crippen LogP contribution in [0.1, 0.15) is 16.9 Å². The molecule has 2 aromatic rings. The Morgan fingerprint density at radius 3 is 2.67 bits per heavy atom. The van der Waals surface area contributed by atoms with Gasteiger partial charge in [-0.15, -0.1) is 36.2 Å². The summed E-state index contributed by atoms with van der Waals surface area (Å²) >= 11 is 1.49. The van der Waals surface area contributed by atoms with Crippen molar-refractivity contribution >= 4 is 42.1 Å². The highest BCUT2D eigenvalue weighted by Crippen LogP contribution is 2.27. The topological polar surface area (TPSA) is 68.5 Å². The second kappa shape index (κ2) is 9.22. The Bertz CT molecular complexity index is 664. The highest BCUT2D eigenvalue weighted by atomic mass is 35.5. The Kier molecular flexibility index (Phi) is 7.96. The molecule has 2 N–H and O–H groups in total. The summed E-state index contributed by atoms with van der Waals surface area (Å²) in [7, 11) is 1.64. The van der Waals surface area contributed by atoms with Gasteiger partial charge in [0.05, 0.1) is 7.11 Å². The number of amides is 1. The van der Waals surface area contributed by atoms with Crippen molar-refractivity contribution < 1.29 is 9.53 Å². The van der Waals surface area contributed by atoms with Gasteiger partial charge in [0.25, 0.3) is 5.91 Å². The van der Waals surface area contributed by atoms with E-state index in [4.69, 9.17) is 10.5 Å². The number of nitrogens with zero attached hydrogens (tertiary/aromatic N) is 2. The lowest BCUT2D eigenvalue weighted by atomic mass is 10.1. The van der Waals surface area contributed by atoms with Crippen LogP contribution in [-0.4, -0.2) is 42.5 Å². The monoisotopic (exact) mass is 389 g/mol. The maximum absolute atomic E-state index is 12.5. The number of carbonyl (C=O) groups excluding carboxylic acids is 1. The van der Waals surface area contributed by atoms with Crippen LogP contribution in [0.4, 0.5) is 0 Å². The standard InChI is InChI=1S/C16H19N3O2S.2ClH/c1-21-13-4-2-12(3-5-13)15-18-14(10-22-15)16(20)19-7-6-11(8-17)9-19;;/h2-5,10-11H,6-9,17H2,1H3;2*1H. The molecular formula is C16H21Cl2N3O2S. The molecule has 1 fully saturated rings. The third kappa shape index (κ3) is 4.39. The largest absolute Gasteiger partial charge is 0.497 e. The molecule has 5 nitrogen and oxygen atoms in total. The molecule has 8 heteroatoms. The van der Waals surface area contributed by atoms with Crippen molar-refractivity contribution in [1.82, 2.24) is 9.88 Å². The SMILES string of the molecule is COc1ccc(-c2nc(C(=O)N3CCC(CN)C3)cs2)cc1.Cl.Cl. The fourth-order valence-corrected chi connectivity index (χ4v) is 3.41. The van der Waals surface area contributed by atoms with E-state index in [-0.39, 0.29) is 30.7 Å². The molecule has 3 rings (SSSR count). The number of hydrogen-bond acceptors (Lipinski definition) is 5. The van der Waals surface area contributed by atoms with Crippen LogP contribution in [0.3, 0.4) is 0 Å². The molecule has 1 aromatic carbocycles. The summed E-state index contributed by atoms with van der Waals surface area (Å²) in [4.78, 5) is 18.8. The Hall–Kier alpha value is -1.34. The Balaban J connectivity index is 0.00000144. The van der Waals surface area contributed by atoms with Gasteiger partial charge in [0.15, 0.2) is 0 Å². The minimum atomic E-state index is 0. The van der Waals surface area contributed by atoms with E-state index in [0.29, 0.717) is 18.2 Å². The van der Waals surface area contributed by atoms with E-state index in [1.807, 2.05) is 34.5 Å².